The van der Waals surface area contributed by atoms with Crippen LogP contribution in [0.5, 0.6) is 0 Å². The molecule has 0 atom stereocenters. The molecule has 0 bridgehead atoms. The monoisotopic (exact) mass is 173 g/mol. The summed E-state index contributed by atoms with van der Waals surface area (Å²) in [7, 11) is 1.83. The van der Waals surface area contributed by atoms with Crippen molar-refractivity contribution < 1.29 is 4.79 Å². The van der Waals surface area contributed by atoms with E-state index >= 15 is 0 Å². The molecule has 0 heterocycles. The summed E-state index contributed by atoms with van der Waals surface area (Å²) in [5.74, 6) is 0.213. The van der Waals surface area contributed by atoms with Gasteiger partial charge in [0.1, 0.15) is 0 Å². The van der Waals surface area contributed by atoms with Crippen molar-refractivity contribution in [2.24, 2.45) is 0 Å². The van der Waals surface area contributed by atoms with Gasteiger partial charge in [0, 0.05) is 19.5 Å². The normalized spacial score (nSPS) is 8.92. The molecular weight excluding hydrogens is 150 g/mol. The minimum atomic E-state index is 0.213. The average molecular weight is 173 g/mol. The highest BCUT2D eigenvalue weighted by atomic mass is 16.2. The second-order valence-corrected chi connectivity index (χ2v) is 3.16. The van der Waals surface area contributed by atoms with Gasteiger partial charge < -0.3 is 4.90 Å². The van der Waals surface area contributed by atoms with E-state index in [9.17, 15) is 4.79 Å². The average Bonchev–Trinajstić information content (AvgIpc) is 2.03. The maximum Gasteiger partial charge on any atom is 0.222 e. The number of hydrogen-bond donors (Lipinski definition) is 0. The maximum absolute atomic E-state index is 10.9. The molecule has 0 saturated heterocycles. The Morgan fingerprint density at radius 1 is 1.25 bits per heavy atom. The van der Waals surface area contributed by atoms with Gasteiger partial charge in [-0.1, -0.05) is 27.2 Å². The number of amides is 1. The predicted octanol–water partition coefficient (Wildman–Crippen LogP) is 2.68. The number of carbonyl (C=O) groups is 1. The molecule has 0 spiro atoms. The van der Waals surface area contributed by atoms with Crippen LogP contribution in [0.4, 0.5) is 0 Å². The van der Waals surface area contributed by atoms with Crippen molar-refractivity contribution in [1.29, 1.82) is 0 Å². The van der Waals surface area contributed by atoms with Gasteiger partial charge in [0.2, 0.25) is 5.91 Å². The Bertz CT molecular complexity index is 110. The first-order valence-corrected chi connectivity index (χ1v) is 4.76. The first-order chi connectivity index (χ1) is 5.51. The summed E-state index contributed by atoms with van der Waals surface area (Å²) in [6, 6.07) is 0.331. The molecule has 74 valence electrons. The predicted molar refractivity (Wildman–Crippen MR) is 54.2 cm³/mol. The largest absolute Gasteiger partial charge is 0.343 e. The molecule has 2 nitrogen and oxygen atoms in total. The molecule has 0 radical (unpaired) electrons. The Morgan fingerprint density at radius 2 is 1.58 bits per heavy atom. The van der Waals surface area contributed by atoms with E-state index < -0.39 is 0 Å². The summed E-state index contributed by atoms with van der Waals surface area (Å²) in [6.07, 6.45) is 1.86. The standard InChI is InChI=1S/C7H15NO.C3H8/c1-5-7(9)8(4)6(2)3;1-3-2/h6H,5H2,1-4H3;3H2,1-2H3. The Balaban J connectivity index is 0. The van der Waals surface area contributed by atoms with Crippen LogP contribution >= 0.6 is 0 Å². The van der Waals surface area contributed by atoms with Crippen LogP contribution in [0.1, 0.15) is 47.5 Å². The van der Waals surface area contributed by atoms with Crippen molar-refractivity contribution in [3.8, 4) is 0 Å². The lowest BCUT2D eigenvalue weighted by Gasteiger charge is -2.20. The fraction of sp³-hybridized carbons (Fsp3) is 0.900. The fourth-order valence-corrected chi connectivity index (χ4v) is 0.537. The number of hydrogen-bond acceptors (Lipinski definition) is 1. The highest BCUT2D eigenvalue weighted by Crippen LogP contribution is 1.95. The van der Waals surface area contributed by atoms with Gasteiger partial charge in [-0.15, -0.1) is 0 Å². The van der Waals surface area contributed by atoms with E-state index in [4.69, 9.17) is 0 Å². The lowest BCUT2D eigenvalue weighted by molar-refractivity contribution is -0.130. The summed E-state index contributed by atoms with van der Waals surface area (Å²) in [6.45, 7) is 10.1. The Morgan fingerprint density at radius 3 is 1.67 bits per heavy atom. The molecule has 0 fully saturated rings. The maximum atomic E-state index is 10.9. The van der Waals surface area contributed by atoms with E-state index in [1.54, 1.807) is 4.90 Å². The molecule has 0 aliphatic heterocycles. The van der Waals surface area contributed by atoms with Gasteiger partial charge in [-0.3, -0.25) is 4.79 Å². The summed E-state index contributed by atoms with van der Waals surface area (Å²) >= 11 is 0. The summed E-state index contributed by atoms with van der Waals surface area (Å²) < 4.78 is 0. The van der Waals surface area contributed by atoms with Crippen molar-refractivity contribution in [2.75, 3.05) is 7.05 Å². The lowest BCUT2D eigenvalue weighted by Crippen LogP contribution is -2.32. The quantitative estimate of drug-likeness (QED) is 0.628. The third kappa shape index (κ3) is 7.58. The van der Waals surface area contributed by atoms with Crippen molar-refractivity contribution in [2.45, 2.75) is 53.5 Å². The van der Waals surface area contributed by atoms with Crippen LogP contribution in [0.3, 0.4) is 0 Å². The van der Waals surface area contributed by atoms with Gasteiger partial charge in [0.25, 0.3) is 0 Å². The molecule has 12 heavy (non-hydrogen) atoms. The zero-order valence-electron chi connectivity index (χ0n) is 9.35. The van der Waals surface area contributed by atoms with E-state index in [-0.39, 0.29) is 5.91 Å². The fourth-order valence-electron chi connectivity index (χ4n) is 0.537. The van der Waals surface area contributed by atoms with Crippen LogP contribution in [-0.4, -0.2) is 23.9 Å². The van der Waals surface area contributed by atoms with Crippen LogP contribution < -0.4 is 0 Å². The first-order valence-electron chi connectivity index (χ1n) is 4.76. The van der Waals surface area contributed by atoms with E-state index in [1.807, 2.05) is 27.8 Å². The third-order valence-electron chi connectivity index (χ3n) is 1.47. The SMILES string of the molecule is CCC.CCC(=O)N(C)C(C)C. The minimum absolute atomic E-state index is 0.213. The van der Waals surface area contributed by atoms with Crippen molar-refractivity contribution in [1.82, 2.24) is 4.90 Å². The van der Waals surface area contributed by atoms with Gasteiger partial charge in [0.05, 0.1) is 0 Å². The molecular formula is C10H23NO. The van der Waals surface area contributed by atoms with Gasteiger partial charge in [-0.25, -0.2) is 0 Å². The minimum Gasteiger partial charge on any atom is -0.343 e. The Kier molecular flexibility index (Phi) is 10.0. The van der Waals surface area contributed by atoms with Crippen molar-refractivity contribution in [3.63, 3.8) is 0 Å². The topological polar surface area (TPSA) is 20.3 Å². The molecule has 0 aliphatic carbocycles. The van der Waals surface area contributed by atoms with E-state index in [1.165, 1.54) is 6.42 Å². The molecule has 0 aromatic carbocycles. The van der Waals surface area contributed by atoms with Gasteiger partial charge in [-0.05, 0) is 13.8 Å². The zero-order valence-corrected chi connectivity index (χ0v) is 9.35. The lowest BCUT2D eigenvalue weighted by atomic mass is 10.3. The molecule has 0 saturated carbocycles. The molecule has 0 aromatic heterocycles. The van der Waals surface area contributed by atoms with Crippen LogP contribution in [0.25, 0.3) is 0 Å². The van der Waals surface area contributed by atoms with E-state index in [0.717, 1.165) is 0 Å². The molecule has 0 unspecified atom stereocenters. The van der Waals surface area contributed by atoms with Crippen LogP contribution in [0.2, 0.25) is 0 Å². The second kappa shape index (κ2) is 8.57. The summed E-state index contributed by atoms with van der Waals surface area (Å²) in [5.41, 5.74) is 0. The van der Waals surface area contributed by atoms with Gasteiger partial charge in [-0.2, -0.15) is 0 Å². The highest BCUT2D eigenvalue weighted by Gasteiger charge is 2.07. The Labute approximate surface area is 77.0 Å². The van der Waals surface area contributed by atoms with E-state index in [0.29, 0.717) is 12.5 Å². The number of carbonyl (C=O) groups excluding carboxylic acids is 1. The molecule has 0 rings (SSSR count). The smallest absolute Gasteiger partial charge is 0.222 e. The molecule has 0 N–H and O–H groups in total. The van der Waals surface area contributed by atoms with Gasteiger partial charge in [0.15, 0.2) is 0 Å². The van der Waals surface area contributed by atoms with Crippen LogP contribution in [0, 0.1) is 0 Å². The van der Waals surface area contributed by atoms with Crippen molar-refractivity contribution in [3.05, 3.63) is 0 Å². The van der Waals surface area contributed by atoms with Crippen molar-refractivity contribution >= 4 is 5.91 Å². The molecule has 2 heteroatoms. The van der Waals surface area contributed by atoms with Crippen LogP contribution in [-0.2, 0) is 4.79 Å². The zero-order chi connectivity index (χ0) is 10.1. The van der Waals surface area contributed by atoms with Gasteiger partial charge >= 0.3 is 0 Å². The summed E-state index contributed by atoms with van der Waals surface area (Å²) in [5, 5.41) is 0. The highest BCUT2D eigenvalue weighted by molar-refractivity contribution is 5.75. The first kappa shape index (κ1) is 14.0. The van der Waals surface area contributed by atoms with E-state index in [2.05, 4.69) is 13.8 Å². The number of nitrogens with zero attached hydrogens (tertiary/aromatic N) is 1. The van der Waals surface area contributed by atoms with Crippen LogP contribution in [0.15, 0.2) is 0 Å². The second-order valence-electron chi connectivity index (χ2n) is 3.16. The molecule has 0 aliphatic rings. The Hall–Kier alpha value is -0.530. The molecule has 0 aromatic rings. The third-order valence-corrected chi connectivity index (χ3v) is 1.47. The summed E-state index contributed by atoms with van der Waals surface area (Å²) in [4.78, 5) is 12.6. The molecule has 1 amide bonds. The number of rotatable bonds is 2.